The van der Waals surface area contributed by atoms with Crippen molar-refractivity contribution in [1.29, 1.82) is 0 Å². The van der Waals surface area contributed by atoms with Crippen LogP contribution in [0, 0.1) is 0 Å². The van der Waals surface area contributed by atoms with Crippen molar-refractivity contribution in [3.8, 4) is 0 Å². The van der Waals surface area contributed by atoms with Crippen LogP contribution >= 0.6 is 0 Å². The van der Waals surface area contributed by atoms with E-state index in [4.69, 9.17) is 17.3 Å². The van der Waals surface area contributed by atoms with Crippen LogP contribution in [0.5, 0.6) is 0 Å². The minimum absolute atomic E-state index is 0.124. The first-order chi connectivity index (χ1) is 5.63. The largest absolute Gasteiger partial charge is 0.368 e. The number of nitrogens with zero attached hydrogens (tertiary/aromatic N) is 3. The number of nitrogens with two attached hydrogens (primary N) is 3. The number of hydrazine groups is 1. The van der Waals surface area contributed by atoms with Crippen LogP contribution in [-0.4, -0.2) is 20.9 Å². The van der Waals surface area contributed by atoms with Crippen LogP contribution in [-0.2, 0) is 0 Å². The van der Waals surface area contributed by atoms with Crippen LogP contribution < -0.4 is 22.7 Å². The molecule has 12 heavy (non-hydrogen) atoms. The lowest BCUT2D eigenvalue weighted by atomic mass is 10.6. The first-order valence-corrected chi connectivity index (χ1v) is 2.91. The Kier molecular flexibility index (Phi) is 2.01. The van der Waals surface area contributed by atoms with E-state index in [9.17, 15) is 4.79 Å². The molecule has 0 atom stereocenters. The molecule has 0 bridgehead atoms. The van der Waals surface area contributed by atoms with Gasteiger partial charge in [-0.2, -0.15) is 15.0 Å². The van der Waals surface area contributed by atoms with Gasteiger partial charge in [-0.15, -0.1) is 0 Å². The van der Waals surface area contributed by atoms with E-state index >= 15 is 0 Å². The third-order valence-electron chi connectivity index (χ3n) is 1.00. The third kappa shape index (κ3) is 1.55. The number of rotatable bonds is 1. The third-order valence-corrected chi connectivity index (χ3v) is 1.00. The van der Waals surface area contributed by atoms with Crippen molar-refractivity contribution in [3.63, 3.8) is 0 Å². The lowest BCUT2D eigenvalue weighted by molar-refractivity contribution is 0.0943. The number of nitrogen functional groups attached to an aromatic ring is 3. The summed E-state index contributed by atoms with van der Waals surface area (Å²) < 4.78 is 0. The number of hydrogen-bond acceptors (Lipinski definition) is 7. The molecule has 0 saturated carbocycles. The minimum atomic E-state index is -0.671. The zero-order valence-electron chi connectivity index (χ0n) is 5.98. The van der Waals surface area contributed by atoms with Crippen molar-refractivity contribution in [1.82, 2.24) is 20.4 Å². The maximum absolute atomic E-state index is 10.8. The highest BCUT2D eigenvalue weighted by molar-refractivity contribution is 5.90. The summed E-state index contributed by atoms with van der Waals surface area (Å²) in [5.74, 6) is 3.70. The maximum atomic E-state index is 10.8. The number of anilines is 2. The van der Waals surface area contributed by atoms with Crippen molar-refractivity contribution >= 4 is 17.8 Å². The van der Waals surface area contributed by atoms with E-state index in [1.54, 1.807) is 0 Å². The van der Waals surface area contributed by atoms with Crippen LogP contribution in [0.1, 0.15) is 10.6 Å². The van der Waals surface area contributed by atoms with Gasteiger partial charge in [0.1, 0.15) is 0 Å². The van der Waals surface area contributed by atoms with Gasteiger partial charge in [0.15, 0.2) is 0 Å². The molecule has 7 N–H and O–H groups in total. The standard InChI is InChI=1S/C4H7N7O/c5-3-8-1(2(12)11-7)9-4(6)10-3/h7H2,(H,11,12)(H4,5,6,8,9,10). The second-order valence-corrected chi connectivity index (χ2v) is 1.85. The summed E-state index contributed by atoms with van der Waals surface area (Å²) in [6.45, 7) is 0. The topological polar surface area (TPSA) is 146 Å². The SMILES string of the molecule is NNC(=O)c1nc(N)nc(N)n1. The molecule has 8 heteroatoms. The van der Waals surface area contributed by atoms with Gasteiger partial charge in [-0.25, -0.2) is 5.84 Å². The Morgan fingerprint density at radius 3 is 2.08 bits per heavy atom. The molecule has 0 spiro atoms. The molecule has 64 valence electrons. The second kappa shape index (κ2) is 2.96. The van der Waals surface area contributed by atoms with Crippen molar-refractivity contribution in [3.05, 3.63) is 5.82 Å². The number of carbonyl (C=O) groups is 1. The van der Waals surface area contributed by atoms with Gasteiger partial charge in [0.25, 0.3) is 0 Å². The molecule has 0 aliphatic rings. The molecule has 0 unspecified atom stereocenters. The van der Waals surface area contributed by atoms with Crippen LogP contribution in [0.2, 0.25) is 0 Å². The summed E-state index contributed by atoms with van der Waals surface area (Å²) in [5.41, 5.74) is 12.2. The fraction of sp³-hybridized carbons (Fsp3) is 0. The number of carbonyl (C=O) groups excluding carboxylic acids is 1. The van der Waals surface area contributed by atoms with Gasteiger partial charge in [0.2, 0.25) is 17.7 Å². The fourth-order valence-corrected chi connectivity index (χ4v) is 0.575. The number of hydrogen-bond donors (Lipinski definition) is 4. The highest BCUT2D eigenvalue weighted by atomic mass is 16.2. The Hall–Kier alpha value is -1.96. The van der Waals surface area contributed by atoms with Crippen molar-refractivity contribution < 1.29 is 4.79 Å². The molecule has 1 rings (SSSR count). The molecular formula is C4H7N7O. The van der Waals surface area contributed by atoms with E-state index in [-0.39, 0.29) is 17.7 Å². The molecule has 0 saturated heterocycles. The predicted octanol–water partition coefficient (Wildman–Crippen LogP) is -2.36. The van der Waals surface area contributed by atoms with Gasteiger partial charge in [-0.05, 0) is 0 Å². The minimum Gasteiger partial charge on any atom is -0.368 e. The van der Waals surface area contributed by atoms with Crippen molar-refractivity contribution in [2.45, 2.75) is 0 Å². The van der Waals surface area contributed by atoms with Gasteiger partial charge in [0, 0.05) is 0 Å². The molecule has 0 radical (unpaired) electrons. The summed E-state index contributed by atoms with van der Waals surface area (Å²) in [6, 6.07) is 0. The second-order valence-electron chi connectivity index (χ2n) is 1.85. The van der Waals surface area contributed by atoms with Gasteiger partial charge < -0.3 is 11.5 Å². The van der Waals surface area contributed by atoms with Gasteiger partial charge >= 0.3 is 5.91 Å². The average molecular weight is 169 g/mol. The Balaban J connectivity index is 3.08. The Bertz CT molecular complexity index is 290. The van der Waals surface area contributed by atoms with Gasteiger partial charge in [-0.1, -0.05) is 0 Å². The summed E-state index contributed by atoms with van der Waals surface area (Å²) in [4.78, 5) is 21.3. The van der Waals surface area contributed by atoms with Crippen LogP contribution in [0.3, 0.4) is 0 Å². The van der Waals surface area contributed by atoms with E-state index in [1.165, 1.54) is 0 Å². The monoisotopic (exact) mass is 169 g/mol. The normalized spacial score (nSPS) is 9.42. The highest BCUT2D eigenvalue weighted by Crippen LogP contribution is 1.97. The first kappa shape index (κ1) is 8.14. The van der Waals surface area contributed by atoms with Crippen LogP contribution in [0.25, 0.3) is 0 Å². The van der Waals surface area contributed by atoms with E-state index in [0.717, 1.165) is 0 Å². The lowest BCUT2D eigenvalue weighted by Crippen LogP contribution is -2.32. The predicted molar refractivity (Wildman–Crippen MR) is 40.3 cm³/mol. The van der Waals surface area contributed by atoms with E-state index < -0.39 is 5.91 Å². The first-order valence-electron chi connectivity index (χ1n) is 2.91. The molecule has 1 aromatic heterocycles. The summed E-state index contributed by atoms with van der Waals surface area (Å²) >= 11 is 0. The summed E-state index contributed by atoms with van der Waals surface area (Å²) in [6.07, 6.45) is 0. The lowest BCUT2D eigenvalue weighted by Gasteiger charge is -1.98. The molecular weight excluding hydrogens is 162 g/mol. The maximum Gasteiger partial charge on any atom is 0.303 e. The van der Waals surface area contributed by atoms with Crippen LogP contribution in [0.4, 0.5) is 11.9 Å². The molecule has 0 fully saturated rings. The quantitative estimate of drug-likeness (QED) is 0.209. The molecule has 1 aromatic rings. The Morgan fingerprint density at radius 1 is 1.17 bits per heavy atom. The van der Waals surface area contributed by atoms with Crippen LogP contribution in [0.15, 0.2) is 0 Å². The Labute approximate surface area is 67.2 Å². The van der Waals surface area contributed by atoms with E-state index in [2.05, 4.69) is 15.0 Å². The molecule has 8 nitrogen and oxygen atoms in total. The molecule has 0 aromatic carbocycles. The Morgan fingerprint density at radius 2 is 1.67 bits per heavy atom. The zero-order valence-corrected chi connectivity index (χ0v) is 5.98. The summed E-state index contributed by atoms with van der Waals surface area (Å²) in [7, 11) is 0. The molecule has 1 amide bonds. The number of nitrogens with one attached hydrogen (secondary N) is 1. The average Bonchev–Trinajstić information content (AvgIpc) is 2.01. The molecule has 0 aliphatic heterocycles. The number of amides is 1. The summed E-state index contributed by atoms with van der Waals surface area (Å²) in [5, 5.41) is 0. The van der Waals surface area contributed by atoms with Crippen molar-refractivity contribution in [2.24, 2.45) is 5.84 Å². The number of aromatic nitrogens is 3. The zero-order chi connectivity index (χ0) is 9.14. The highest BCUT2D eigenvalue weighted by Gasteiger charge is 2.09. The molecule has 0 aliphatic carbocycles. The van der Waals surface area contributed by atoms with E-state index in [0.29, 0.717) is 0 Å². The smallest absolute Gasteiger partial charge is 0.303 e. The van der Waals surface area contributed by atoms with Gasteiger partial charge in [0.05, 0.1) is 0 Å². The molecule has 1 heterocycles. The van der Waals surface area contributed by atoms with Gasteiger partial charge in [-0.3, -0.25) is 10.2 Å². The fourth-order valence-electron chi connectivity index (χ4n) is 0.575. The van der Waals surface area contributed by atoms with E-state index in [1.807, 2.05) is 5.43 Å². The van der Waals surface area contributed by atoms with Crippen molar-refractivity contribution in [2.75, 3.05) is 11.5 Å².